The van der Waals surface area contributed by atoms with E-state index in [-0.39, 0.29) is 29.6 Å². The zero-order valence-corrected chi connectivity index (χ0v) is 10.2. The van der Waals surface area contributed by atoms with Crippen LogP contribution < -0.4 is 11.1 Å². The van der Waals surface area contributed by atoms with Crippen molar-refractivity contribution in [2.24, 2.45) is 11.7 Å². The summed E-state index contributed by atoms with van der Waals surface area (Å²) in [6.07, 6.45) is 2.23. The molecule has 0 saturated heterocycles. The van der Waals surface area contributed by atoms with Crippen LogP contribution in [0.3, 0.4) is 0 Å². The lowest BCUT2D eigenvalue weighted by Gasteiger charge is -2.11. The van der Waals surface area contributed by atoms with Gasteiger partial charge in [0.15, 0.2) is 0 Å². The van der Waals surface area contributed by atoms with Gasteiger partial charge in [-0.1, -0.05) is 0 Å². The maximum Gasteiger partial charge on any atom is 0.226 e. The Morgan fingerprint density at radius 2 is 2.11 bits per heavy atom. The molecule has 98 valence electrons. The Labute approximate surface area is 104 Å². The topological polar surface area (TPSA) is 55.1 Å². The third-order valence-corrected chi connectivity index (χ3v) is 3.17. The second-order valence-electron chi connectivity index (χ2n) is 4.83. The Morgan fingerprint density at radius 1 is 1.44 bits per heavy atom. The van der Waals surface area contributed by atoms with Gasteiger partial charge in [-0.2, -0.15) is 0 Å². The summed E-state index contributed by atoms with van der Waals surface area (Å²) in [5.74, 6) is -1.16. The Balaban J connectivity index is 1.99. The number of hydrogen-bond acceptors (Lipinski definition) is 2. The number of hydrogen-bond donors (Lipinski definition) is 2. The van der Waals surface area contributed by atoms with Gasteiger partial charge in [-0.15, -0.1) is 0 Å². The van der Waals surface area contributed by atoms with Crippen molar-refractivity contribution >= 4 is 11.6 Å². The zero-order chi connectivity index (χ0) is 13.3. The van der Waals surface area contributed by atoms with E-state index < -0.39 is 11.6 Å². The number of aryl methyl sites for hydroxylation is 1. The lowest BCUT2D eigenvalue weighted by molar-refractivity contribution is -0.116. The molecule has 3 N–H and O–H groups in total. The number of nitrogens with one attached hydrogen (secondary N) is 1. The predicted molar refractivity (Wildman–Crippen MR) is 65.0 cm³/mol. The number of benzene rings is 1. The molecule has 1 fully saturated rings. The molecule has 1 amide bonds. The van der Waals surface area contributed by atoms with Crippen LogP contribution >= 0.6 is 0 Å². The first-order valence-electron chi connectivity index (χ1n) is 5.98. The van der Waals surface area contributed by atoms with Crippen LogP contribution in [0.4, 0.5) is 14.5 Å². The van der Waals surface area contributed by atoms with Gasteiger partial charge < -0.3 is 11.1 Å². The molecule has 1 unspecified atom stereocenters. The smallest absolute Gasteiger partial charge is 0.226 e. The standard InChI is InChI=1S/C13H16F2N2O/c1-7-4-10(15)12(5-9(7)14)17-13(18)6-11(16)8-2-3-8/h4-5,8,11H,2-3,6,16H2,1H3,(H,17,18). The van der Waals surface area contributed by atoms with E-state index in [1.807, 2.05) is 0 Å². The second-order valence-corrected chi connectivity index (χ2v) is 4.83. The van der Waals surface area contributed by atoms with Gasteiger partial charge >= 0.3 is 0 Å². The summed E-state index contributed by atoms with van der Waals surface area (Å²) in [6.45, 7) is 1.47. The molecule has 1 aliphatic carbocycles. The molecule has 1 aromatic carbocycles. The average molecular weight is 254 g/mol. The molecule has 1 aromatic rings. The van der Waals surface area contributed by atoms with Crippen LogP contribution in [-0.4, -0.2) is 11.9 Å². The van der Waals surface area contributed by atoms with E-state index in [4.69, 9.17) is 5.73 Å². The molecule has 5 heteroatoms. The number of amides is 1. The highest BCUT2D eigenvalue weighted by atomic mass is 19.1. The molecule has 0 aromatic heterocycles. The lowest BCUT2D eigenvalue weighted by Crippen LogP contribution is -2.29. The van der Waals surface area contributed by atoms with Crippen LogP contribution in [0.5, 0.6) is 0 Å². The lowest BCUT2D eigenvalue weighted by atomic mass is 10.1. The predicted octanol–water partition coefficient (Wildman–Crippen LogP) is 2.34. The summed E-state index contributed by atoms with van der Waals surface area (Å²) >= 11 is 0. The fourth-order valence-corrected chi connectivity index (χ4v) is 1.85. The maximum atomic E-state index is 13.5. The van der Waals surface area contributed by atoms with E-state index in [0.717, 1.165) is 25.0 Å². The molecule has 0 heterocycles. The van der Waals surface area contributed by atoms with Crippen molar-refractivity contribution in [1.29, 1.82) is 0 Å². The first-order valence-corrected chi connectivity index (χ1v) is 5.98. The highest BCUT2D eigenvalue weighted by Crippen LogP contribution is 2.33. The van der Waals surface area contributed by atoms with Crippen LogP contribution in [0.25, 0.3) is 0 Å². The minimum Gasteiger partial charge on any atom is -0.327 e. The monoisotopic (exact) mass is 254 g/mol. The average Bonchev–Trinajstić information content (AvgIpc) is 3.09. The summed E-state index contributed by atoms with van der Waals surface area (Å²) in [5, 5.41) is 2.36. The van der Waals surface area contributed by atoms with Crippen LogP contribution in [0.1, 0.15) is 24.8 Å². The van der Waals surface area contributed by atoms with Gasteiger partial charge in [0, 0.05) is 18.5 Å². The number of carbonyl (C=O) groups excluding carboxylic acids is 1. The summed E-state index contributed by atoms with van der Waals surface area (Å²) in [7, 11) is 0. The van der Waals surface area contributed by atoms with E-state index in [9.17, 15) is 13.6 Å². The summed E-state index contributed by atoms with van der Waals surface area (Å²) in [4.78, 5) is 11.6. The molecule has 18 heavy (non-hydrogen) atoms. The minimum atomic E-state index is -0.637. The number of halogens is 2. The van der Waals surface area contributed by atoms with Crippen molar-refractivity contribution in [2.75, 3.05) is 5.32 Å². The molecule has 1 atom stereocenters. The van der Waals surface area contributed by atoms with E-state index in [1.54, 1.807) is 0 Å². The van der Waals surface area contributed by atoms with Gasteiger partial charge in [-0.3, -0.25) is 4.79 Å². The Morgan fingerprint density at radius 3 is 2.72 bits per heavy atom. The Bertz CT molecular complexity index is 472. The summed E-state index contributed by atoms with van der Waals surface area (Å²) in [6, 6.07) is 1.86. The highest BCUT2D eigenvalue weighted by Gasteiger charge is 2.29. The molecule has 0 aliphatic heterocycles. The molecule has 1 aliphatic rings. The highest BCUT2D eigenvalue weighted by molar-refractivity contribution is 5.91. The third kappa shape index (κ3) is 3.04. The Kier molecular flexibility index (Phi) is 3.61. The largest absolute Gasteiger partial charge is 0.327 e. The van der Waals surface area contributed by atoms with Crippen molar-refractivity contribution in [2.45, 2.75) is 32.2 Å². The Hall–Kier alpha value is -1.49. The van der Waals surface area contributed by atoms with Gasteiger partial charge in [0.2, 0.25) is 5.91 Å². The number of carbonyl (C=O) groups is 1. The van der Waals surface area contributed by atoms with Crippen molar-refractivity contribution < 1.29 is 13.6 Å². The number of rotatable bonds is 4. The molecule has 3 nitrogen and oxygen atoms in total. The van der Waals surface area contributed by atoms with Crippen LogP contribution in [0, 0.1) is 24.5 Å². The normalized spacial score (nSPS) is 16.4. The van der Waals surface area contributed by atoms with Crippen LogP contribution in [0.15, 0.2) is 12.1 Å². The molecule has 2 rings (SSSR count). The SMILES string of the molecule is Cc1cc(F)c(NC(=O)CC(N)C2CC2)cc1F. The summed E-state index contributed by atoms with van der Waals surface area (Å²) < 4.78 is 26.8. The van der Waals surface area contributed by atoms with Gasteiger partial charge in [-0.05, 0) is 37.3 Å². The van der Waals surface area contributed by atoms with E-state index >= 15 is 0 Å². The number of nitrogens with two attached hydrogens (primary N) is 1. The fraction of sp³-hybridized carbons (Fsp3) is 0.462. The first-order chi connectivity index (χ1) is 8.47. The van der Waals surface area contributed by atoms with Crippen molar-refractivity contribution in [3.63, 3.8) is 0 Å². The van der Waals surface area contributed by atoms with Gasteiger partial charge in [-0.25, -0.2) is 8.78 Å². The van der Waals surface area contributed by atoms with Gasteiger partial charge in [0.05, 0.1) is 5.69 Å². The van der Waals surface area contributed by atoms with Crippen LogP contribution in [-0.2, 0) is 4.79 Å². The molecule has 0 radical (unpaired) electrons. The molecular formula is C13H16F2N2O. The fourth-order valence-electron chi connectivity index (χ4n) is 1.85. The van der Waals surface area contributed by atoms with Crippen molar-refractivity contribution in [3.05, 3.63) is 29.3 Å². The van der Waals surface area contributed by atoms with E-state index in [2.05, 4.69) is 5.32 Å². The van der Waals surface area contributed by atoms with E-state index in [0.29, 0.717) is 5.92 Å². The molecule has 1 saturated carbocycles. The zero-order valence-electron chi connectivity index (χ0n) is 10.2. The quantitative estimate of drug-likeness (QED) is 0.866. The molecule has 0 bridgehead atoms. The first kappa shape index (κ1) is 13.0. The third-order valence-electron chi connectivity index (χ3n) is 3.17. The van der Waals surface area contributed by atoms with Crippen molar-refractivity contribution in [1.82, 2.24) is 0 Å². The van der Waals surface area contributed by atoms with Gasteiger partial charge in [0.25, 0.3) is 0 Å². The maximum absolute atomic E-state index is 13.5. The van der Waals surface area contributed by atoms with Crippen LogP contribution in [0.2, 0.25) is 0 Å². The molecular weight excluding hydrogens is 238 g/mol. The van der Waals surface area contributed by atoms with Crippen molar-refractivity contribution in [3.8, 4) is 0 Å². The molecule has 0 spiro atoms. The van der Waals surface area contributed by atoms with E-state index in [1.165, 1.54) is 6.92 Å². The number of anilines is 1. The summed E-state index contributed by atoms with van der Waals surface area (Å²) in [5.41, 5.74) is 5.87. The minimum absolute atomic E-state index is 0.133. The van der Waals surface area contributed by atoms with Gasteiger partial charge in [0.1, 0.15) is 11.6 Å². The second kappa shape index (κ2) is 5.02.